The third-order valence-corrected chi connectivity index (χ3v) is 6.13. The summed E-state index contributed by atoms with van der Waals surface area (Å²) in [5, 5.41) is 3.51. The van der Waals surface area contributed by atoms with E-state index < -0.39 is 5.41 Å². The van der Waals surface area contributed by atoms with Gasteiger partial charge in [-0.25, -0.2) is 0 Å². The van der Waals surface area contributed by atoms with E-state index in [1.807, 2.05) is 11.8 Å². The minimum Gasteiger partial charge on any atom is -0.381 e. The summed E-state index contributed by atoms with van der Waals surface area (Å²) in [6, 6.07) is 8.56. The van der Waals surface area contributed by atoms with Crippen LogP contribution in [0, 0.1) is 5.41 Å². The molecule has 1 unspecified atom stereocenters. The summed E-state index contributed by atoms with van der Waals surface area (Å²) in [5.74, 6) is 1.22. The maximum absolute atomic E-state index is 12.6. The van der Waals surface area contributed by atoms with Gasteiger partial charge in [0.25, 0.3) is 0 Å². The molecule has 0 bridgehead atoms. The van der Waals surface area contributed by atoms with Crippen molar-refractivity contribution in [3.8, 4) is 0 Å². The summed E-state index contributed by atoms with van der Waals surface area (Å²) in [4.78, 5) is 12.6. The molecular weight excluding hydrogens is 332 g/mol. The van der Waals surface area contributed by atoms with Crippen molar-refractivity contribution >= 4 is 30.1 Å². The van der Waals surface area contributed by atoms with Gasteiger partial charge in [-0.1, -0.05) is 24.3 Å². The summed E-state index contributed by atoms with van der Waals surface area (Å²) in [6.45, 7) is 2.34. The first-order valence-corrected chi connectivity index (χ1v) is 9.05. The van der Waals surface area contributed by atoms with E-state index in [9.17, 15) is 4.79 Å². The normalized spacial score (nSPS) is 22.6. The van der Waals surface area contributed by atoms with Gasteiger partial charge in [-0.15, -0.1) is 12.4 Å². The number of aryl methyl sites for hydroxylation is 1. The number of carbonyl (C=O) groups is 1. The highest BCUT2D eigenvalue weighted by molar-refractivity contribution is 7.99. The smallest absolute Gasteiger partial charge is 0.227 e. The van der Waals surface area contributed by atoms with E-state index in [0.29, 0.717) is 31.6 Å². The second-order valence-corrected chi connectivity index (χ2v) is 7.43. The third-order valence-electron chi connectivity index (χ3n) is 4.86. The van der Waals surface area contributed by atoms with Gasteiger partial charge in [0.05, 0.1) is 5.41 Å². The van der Waals surface area contributed by atoms with Crippen molar-refractivity contribution in [2.45, 2.75) is 24.5 Å². The maximum Gasteiger partial charge on any atom is 0.227 e. The Balaban J connectivity index is 0.00000192. The lowest BCUT2D eigenvalue weighted by molar-refractivity contribution is -0.135. The molecule has 1 aromatic rings. The molecule has 1 amide bonds. The Kier molecular flexibility index (Phi) is 6.77. The molecule has 1 fully saturated rings. The summed E-state index contributed by atoms with van der Waals surface area (Å²) in [5.41, 5.74) is 8.25. The Morgan fingerprint density at radius 2 is 2.09 bits per heavy atom. The van der Waals surface area contributed by atoms with Crippen LogP contribution in [0.25, 0.3) is 0 Å². The van der Waals surface area contributed by atoms with Gasteiger partial charge in [0.15, 0.2) is 0 Å². The third kappa shape index (κ3) is 4.02. The Morgan fingerprint density at radius 1 is 1.35 bits per heavy atom. The van der Waals surface area contributed by atoms with E-state index in [1.54, 1.807) is 0 Å². The molecule has 2 aliphatic rings. The molecule has 3 rings (SSSR count). The molecule has 0 saturated carbocycles. The van der Waals surface area contributed by atoms with Crippen LogP contribution in [-0.2, 0) is 16.0 Å². The number of nitrogens with one attached hydrogen (secondary N) is 1. The fraction of sp³-hybridized carbons (Fsp3) is 0.588. The van der Waals surface area contributed by atoms with E-state index in [1.165, 1.54) is 11.1 Å². The van der Waals surface area contributed by atoms with Gasteiger partial charge in [0.2, 0.25) is 5.91 Å². The van der Waals surface area contributed by atoms with Gasteiger partial charge >= 0.3 is 0 Å². The molecule has 4 nitrogen and oxygen atoms in total. The summed E-state index contributed by atoms with van der Waals surface area (Å²) in [6.07, 6.45) is 2.57. The van der Waals surface area contributed by atoms with E-state index >= 15 is 0 Å². The van der Waals surface area contributed by atoms with E-state index in [2.05, 4.69) is 29.6 Å². The van der Waals surface area contributed by atoms with Crippen molar-refractivity contribution in [3.05, 3.63) is 35.4 Å². The molecule has 2 aliphatic heterocycles. The van der Waals surface area contributed by atoms with Gasteiger partial charge < -0.3 is 15.8 Å². The van der Waals surface area contributed by atoms with Crippen LogP contribution in [0.2, 0.25) is 0 Å². The number of carbonyl (C=O) groups excluding carboxylic acids is 1. The average Bonchev–Trinajstić information content (AvgIpc) is 2.60. The van der Waals surface area contributed by atoms with Crippen LogP contribution in [0.3, 0.4) is 0 Å². The second kappa shape index (κ2) is 8.38. The van der Waals surface area contributed by atoms with Gasteiger partial charge in [0.1, 0.15) is 0 Å². The summed E-state index contributed by atoms with van der Waals surface area (Å²) in [7, 11) is 0. The number of benzene rings is 1. The Bertz CT molecular complexity index is 535. The Hall–Kier alpha value is -0.750. The molecule has 1 aromatic carbocycles. The van der Waals surface area contributed by atoms with Crippen molar-refractivity contribution in [2.24, 2.45) is 11.1 Å². The van der Waals surface area contributed by atoms with Crippen LogP contribution >= 0.6 is 24.2 Å². The first-order valence-electron chi connectivity index (χ1n) is 8.01. The molecule has 6 heteroatoms. The summed E-state index contributed by atoms with van der Waals surface area (Å²) >= 11 is 1.93. The molecule has 0 radical (unpaired) electrons. The van der Waals surface area contributed by atoms with E-state index in [0.717, 1.165) is 25.0 Å². The fourth-order valence-corrected chi connectivity index (χ4v) is 4.54. The monoisotopic (exact) mass is 356 g/mol. The number of rotatable bonds is 4. The predicted octanol–water partition coefficient (Wildman–Crippen LogP) is 2.31. The zero-order valence-corrected chi connectivity index (χ0v) is 14.9. The molecule has 0 spiro atoms. The number of nitrogens with two attached hydrogens (primary N) is 1. The number of thioether (sulfide) groups is 1. The Labute approximate surface area is 148 Å². The molecule has 2 heterocycles. The van der Waals surface area contributed by atoms with E-state index in [-0.39, 0.29) is 18.3 Å². The van der Waals surface area contributed by atoms with Crippen LogP contribution in [-0.4, -0.2) is 38.0 Å². The highest BCUT2D eigenvalue weighted by atomic mass is 35.5. The molecular formula is C17H25ClN2O2S. The number of halogens is 1. The summed E-state index contributed by atoms with van der Waals surface area (Å²) < 4.78 is 5.38. The Morgan fingerprint density at radius 3 is 2.83 bits per heavy atom. The average molecular weight is 357 g/mol. The van der Waals surface area contributed by atoms with E-state index in [4.69, 9.17) is 10.5 Å². The number of fused-ring (bicyclic) bond motifs is 1. The van der Waals surface area contributed by atoms with Gasteiger partial charge in [-0.05, 0) is 36.1 Å². The minimum atomic E-state index is -0.433. The zero-order chi connectivity index (χ0) is 15.4. The van der Waals surface area contributed by atoms with Crippen LogP contribution in [0.4, 0.5) is 0 Å². The lowest BCUT2D eigenvalue weighted by Crippen LogP contribution is -2.49. The lowest BCUT2D eigenvalue weighted by atomic mass is 9.79. The fourth-order valence-electron chi connectivity index (χ4n) is 3.30. The molecule has 23 heavy (non-hydrogen) atoms. The van der Waals surface area contributed by atoms with Gasteiger partial charge in [-0.3, -0.25) is 4.79 Å². The molecule has 0 aromatic heterocycles. The first kappa shape index (κ1) is 18.6. The number of hydrogen-bond acceptors (Lipinski definition) is 4. The second-order valence-electron chi connectivity index (χ2n) is 6.12. The SMILES string of the molecule is Cl.NCC1(C(=O)NCC2SCCc3ccccc32)CCOCC1. The number of ether oxygens (including phenoxy) is 1. The molecule has 1 saturated heterocycles. The maximum atomic E-state index is 12.6. The standard InChI is InChI=1S/C17H24N2O2S.ClH/c18-12-17(6-8-21-9-7-17)16(20)19-11-15-14-4-2-1-3-13(14)5-10-22-15;/h1-4,15H,5-12,18H2,(H,19,20);1H. The van der Waals surface area contributed by atoms with Gasteiger partial charge in [-0.2, -0.15) is 11.8 Å². The van der Waals surface area contributed by atoms with Crippen molar-refractivity contribution < 1.29 is 9.53 Å². The molecule has 1 atom stereocenters. The first-order chi connectivity index (χ1) is 10.7. The van der Waals surface area contributed by atoms with Crippen LogP contribution < -0.4 is 11.1 Å². The molecule has 128 valence electrons. The lowest BCUT2D eigenvalue weighted by Gasteiger charge is -2.35. The van der Waals surface area contributed by atoms with Crippen molar-refractivity contribution in [1.29, 1.82) is 0 Å². The van der Waals surface area contributed by atoms with Crippen molar-refractivity contribution in [3.63, 3.8) is 0 Å². The zero-order valence-electron chi connectivity index (χ0n) is 13.3. The van der Waals surface area contributed by atoms with Crippen molar-refractivity contribution in [1.82, 2.24) is 5.32 Å². The van der Waals surface area contributed by atoms with Gasteiger partial charge in [0, 0.05) is 31.6 Å². The minimum absolute atomic E-state index is 0. The van der Waals surface area contributed by atoms with Crippen molar-refractivity contribution in [2.75, 3.05) is 32.1 Å². The number of amides is 1. The highest BCUT2D eigenvalue weighted by Crippen LogP contribution is 2.36. The number of hydrogen-bond donors (Lipinski definition) is 2. The van der Waals surface area contributed by atoms with Crippen LogP contribution in [0.15, 0.2) is 24.3 Å². The quantitative estimate of drug-likeness (QED) is 0.869. The highest BCUT2D eigenvalue weighted by Gasteiger charge is 2.39. The largest absolute Gasteiger partial charge is 0.381 e. The molecule has 3 N–H and O–H groups in total. The van der Waals surface area contributed by atoms with Crippen LogP contribution in [0.5, 0.6) is 0 Å². The van der Waals surface area contributed by atoms with Crippen LogP contribution in [0.1, 0.15) is 29.2 Å². The topological polar surface area (TPSA) is 64.4 Å². The predicted molar refractivity (Wildman–Crippen MR) is 97.1 cm³/mol. The molecule has 0 aliphatic carbocycles.